The minimum absolute atomic E-state index is 0.232. The Kier molecular flexibility index (Phi) is 5.68. The number of benzene rings is 2. The van der Waals surface area contributed by atoms with Gasteiger partial charge in [-0.2, -0.15) is 0 Å². The summed E-state index contributed by atoms with van der Waals surface area (Å²) in [5, 5.41) is 3.20. The van der Waals surface area contributed by atoms with Gasteiger partial charge < -0.3 is 5.32 Å². The van der Waals surface area contributed by atoms with E-state index < -0.39 is 10.0 Å². The van der Waals surface area contributed by atoms with Crippen LogP contribution in [0.5, 0.6) is 0 Å². The van der Waals surface area contributed by atoms with Crippen LogP contribution in [0.25, 0.3) is 5.82 Å². The highest BCUT2D eigenvalue weighted by Gasteiger charge is 2.14. The second-order valence-corrected chi connectivity index (χ2v) is 8.59. The second-order valence-electron chi connectivity index (χ2n) is 6.91. The van der Waals surface area contributed by atoms with Crippen LogP contribution in [0.1, 0.15) is 18.3 Å². The van der Waals surface area contributed by atoms with E-state index in [4.69, 9.17) is 0 Å². The first kappa shape index (κ1) is 20.5. The molecule has 0 aliphatic heterocycles. The molecule has 0 aliphatic carbocycles. The lowest BCUT2D eigenvalue weighted by Gasteiger charge is -2.11. The highest BCUT2D eigenvalue weighted by molar-refractivity contribution is 7.92. The van der Waals surface area contributed by atoms with Crippen molar-refractivity contribution in [2.45, 2.75) is 25.2 Å². The molecule has 4 aromatic rings. The van der Waals surface area contributed by atoms with E-state index in [1.54, 1.807) is 42.6 Å². The molecule has 2 aromatic carbocycles. The number of aromatic nitrogens is 4. The number of nitrogens with one attached hydrogen (secondary N) is 2. The predicted molar refractivity (Wildman–Crippen MR) is 120 cm³/mol. The molecule has 0 atom stereocenters. The van der Waals surface area contributed by atoms with Crippen LogP contribution in [0.2, 0.25) is 0 Å². The molecule has 0 bridgehead atoms. The Morgan fingerprint density at radius 2 is 1.65 bits per heavy atom. The van der Waals surface area contributed by atoms with E-state index >= 15 is 0 Å². The van der Waals surface area contributed by atoms with Crippen LogP contribution in [0, 0.1) is 6.92 Å². The number of hydrogen-bond acceptors (Lipinski definition) is 6. The Labute approximate surface area is 181 Å². The molecule has 0 amide bonds. The summed E-state index contributed by atoms with van der Waals surface area (Å²) < 4.78 is 29.7. The number of imidazole rings is 1. The van der Waals surface area contributed by atoms with Gasteiger partial charge >= 0.3 is 0 Å². The van der Waals surface area contributed by atoms with Crippen LogP contribution < -0.4 is 10.0 Å². The van der Waals surface area contributed by atoms with E-state index in [-0.39, 0.29) is 4.90 Å². The smallest absolute Gasteiger partial charge is 0.261 e. The average Bonchev–Trinajstić information content (AvgIpc) is 3.21. The van der Waals surface area contributed by atoms with Gasteiger partial charge in [0.25, 0.3) is 10.0 Å². The van der Waals surface area contributed by atoms with Gasteiger partial charge in [0.2, 0.25) is 0 Å². The van der Waals surface area contributed by atoms with Crippen molar-refractivity contribution in [3.05, 3.63) is 84.7 Å². The van der Waals surface area contributed by atoms with Crippen LogP contribution in [0.3, 0.4) is 0 Å². The van der Waals surface area contributed by atoms with Crippen molar-refractivity contribution in [1.29, 1.82) is 0 Å². The first-order valence-corrected chi connectivity index (χ1v) is 11.2. The van der Waals surface area contributed by atoms with E-state index in [9.17, 15) is 8.42 Å². The normalized spacial score (nSPS) is 11.3. The minimum Gasteiger partial charge on any atom is -0.340 e. The van der Waals surface area contributed by atoms with E-state index in [0.717, 1.165) is 23.5 Å². The summed E-state index contributed by atoms with van der Waals surface area (Å²) in [4.78, 5) is 12.9. The lowest BCUT2D eigenvalue weighted by Crippen LogP contribution is -2.12. The Balaban J connectivity index is 1.47. The largest absolute Gasteiger partial charge is 0.340 e. The third kappa shape index (κ3) is 4.72. The molecule has 0 saturated heterocycles. The summed E-state index contributed by atoms with van der Waals surface area (Å²) in [6.45, 7) is 3.92. The fourth-order valence-electron chi connectivity index (χ4n) is 3.06. The zero-order valence-electron chi connectivity index (χ0n) is 17.1. The molecule has 2 heterocycles. The molecule has 0 spiro atoms. The molecule has 158 valence electrons. The maximum atomic E-state index is 12.6. The Morgan fingerprint density at radius 1 is 0.935 bits per heavy atom. The lowest BCUT2D eigenvalue weighted by molar-refractivity contribution is 0.601. The van der Waals surface area contributed by atoms with Crippen molar-refractivity contribution in [2.24, 2.45) is 0 Å². The molecular formula is C22H22N6O2S. The average molecular weight is 435 g/mol. The molecule has 2 N–H and O–H groups in total. The zero-order valence-corrected chi connectivity index (χ0v) is 18.0. The molecule has 4 rings (SSSR count). The third-order valence-corrected chi connectivity index (χ3v) is 6.17. The van der Waals surface area contributed by atoms with Gasteiger partial charge in [-0.1, -0.05) is 19.1 Å². The molecule has 0 radical (unpaired) electrons. The minimum atomic E-state index is -3.64. The number of sulfonamides is 1. The predicted octanol–water partition coefficient (Wildman–Crippen LogP) is 4.08. The van der Waals surface area contributed by atoms with Gasteiger partial charge in [0, 0.05) is 29.8 Å². The number of rotatable bonds is 7. The zero-order chi connectivity index (χ0) is 21.8. The maximum absolute atomic E-state index is 12.6. The van der Waals surface area contributed by atoms with Crippen LogP contribution in [-0.4, -0.2) is 27.9 Å². The van der Waals surface area contributed by atoms with Gasteiger partial charge in [-0.25, -0.2) is 23.4 Å². The molecular weight excluding hydrogens is 412 g/mol. The van der Waals surface area contributed by atoms with Gasteiger partial charge in [0.1, 0.15) is 23.8 Å². The van der Waals surface area contributed by atoms with Crippen molar-refractivity contribution >= 4 is 27.2 Å². The SMILES string of the molecule is CCc1ccc(S(=O)(=O)Nc2ccc(Nc3cc(-n4ccnc4C)ncn3)cc2)cc1. The van der Waals surface area contributed by atoms with E-state index in [2.05, 4.69) is 25.0 Å². The third-order valence-electron chi connectivity index (χ3n) is 4.78. The van der Waals surface area contributed by atoms with Crippen molar-refractivity contribution in [3.8, 4) is 5.82 Å². The summed E-state index contributed by atoms with van der Waals surface area (Å²) in [5.41, 5.74) is 2.33. The molecule has 2 aromatic heterocycles. The number of hydrogen-bond donors (Lipinski definition) is 2. The molecule has 0 saturated carbocycles. The second kappa shape index (κ2) is 8.57. The lowest BCUT2D eigenvalue weighted by atomic mass is 10.2. The first-order chi connectivity index (χ1) is 14.9. The first-order valence-electron chi connectivity index (χ1n) is 9.76. The van der Waals surface area contributed by atoms with E-state index in [1.165, 1.54) is 6.33 Å². The van der Waals surface area contributed by atoms with Crippen molar-refractivity contribution in [3.63, 3.8) is 0 Å². The van der Waals surface area contributed by atoms with Crippen molar-refractivity contribution in [2.75, 3.05) is 10.0 Å². The monoisotopic (exact) mass is 434 g/mol. The molecule has 0 fully saturated rings. The maximum Gasteiger partial charge on any atom is 0.261 e. The van der Waals surface area contributed by atoms with Gasteiger partial charge in [0.05, 0.1) is 4.90 Å². The van der Waals surface area contributed by atoms with Gasteiger partial charge in [0.15, 0.2) is 0 Å². The Hall–Kier alpha value is -3.72. The summed E-state index contributed by atoms with van der Waals surface area (Å²) >= 11 is 0. The van der Waals surface area contributed by atoms with Crippen LogP contribution in [0.15, 0.2) is 78.2 Å². The summed E-state index contributed by atoms with van der Waals surface area (Å²) in [5.74, 6) is 2.14. The summed E-state index contributed by atoms with van der Waals surface area (Å²) in [6, 6.07) is 15.6. The summed E-state index contributed by atoms with van der Waals surface area (Å²) in [6.07, 6.45) is 5.88. The Bertz CT molecular complexity index is 1280. The number of aryl methyl sites for hydroxylation is 2. The fourth-order valence-corrected chi connectivity index (χ4v) is 4.11. The van der Waals surface area contributed by atoms with Crippen LogP contribution in [0.4, 0.5) is 17.2 Å². The van der Waals surface area contributed by atoms with Gasteiger partial charge in [-0.05, 0) is 55.3 Å². The quantitative estimate of drug-likeness (QED) is 0.454. The van der Waals surface area contributed by atoms with Gasteiger partial charge in [-0.15, -0.1) is 0 Å². The summed E-state index contributed by atoms with van der Waals surface area (Å²) in [7, 11) is -3.64. The fraction of sp³-hybridized carbons (Fsp3) is 0.136. The van der Waals surface area contributed by atoms with Crippen molar-refractivity contribution < 1.29 is 8.42 Å². The van der Waals surface area contributed by atoms with Crippen LogP contribution in [-0.2, 0) is 16.4 Å². The van der Waals surface area contributed by atoms with Crippen molar-refractivity contribution in [1.82, 2.24) is 19.5 Å². The molecule has 9 heteroatoms. The van der Waals surface area contributed by atoms with Crippen LogP contribution >= 0.6 is 0 Å². The number of anilines is 3. The molecule has 31 heavy (non-hydrogen) atoms. The molecule has 0 aliphatic rings. The standard InChI is InChI=1S/C22H22N6O2S/c1-3-17-4-10-20(11-5-17)31(29,30)27-19-8-6-18(7-9-19)26-21-14-22(25-15-24-21)28-13-12-23-16(28)2/h4-15,27H,3H2,1-2H3,(H,24,25,26). The molecule has 0 unspecified atom stereocenters. The molecule has 8 nitrogen and oxygen atoms in total. The van der Waals surface area contributed by atoms with E-state index in [1.807, 2.05) is 42.8 Å². The number of nitrogens with zero attached hydrogens (tertiary/aromatic N) is 4. The Morgan fingerprint density at radius 3 is 2.29 bits per heavy atom. The van der Waals surface area contributed by atoms with Gasteiger partial charge in [-0.3, -0.25) is 9.29 Å². The topological polar surface area (TPSA) is 102 Å². The highest BCUT2D eigenvalue weighted by Crippen LogP contribution is 2.21. The van der Waals surface area contributed by atoms with E-state index in [0.29, 0.717) is 17.3 Å². The highest BCUT2D eigenvalue weighted by atomic mass is 32.2.